The second-order valence-corrected chi connectivity index (χ2v) is 7.62. The first-order chi connectivity index (χ1) is 13.8. The van der Waals surface area contributed by atoms with Gasteiger partial charge in [0, 0.05) is 18.2 Å². The number of halogens is 3. The minimum absolute atomic E-state index is 0.0944. The van der Waals surface area contributed by atoms with Crippen molar-refractivity contribution < 1.29 is 17.9 Å². The molecule has 2 aliphatic rings. The molecule has 0 bridgehead atoms. The molecule has 1 atom stereocenters. The zero-order valence-electron chi connectivity index (χ0n) is 16.2. The van der Waals surface area contributed by atoms with Gasteiger partial charge < -0.3 is 10.5 Å². The second kappa shape index (κ2) is 7.39. The van der Waals surface area contributed by atoms with Crippen LogP contribution >= 0.6 is 0 Å². The van der Waals surface area contributed by atoms with Crippen molar-refractivity contribution in [1.82, 2.24) is 10.4 Å². The van der Waals surface area contributed by atoms with Crippen LogP contribution in [0, 0.1) is 0 Å². The van der Waals surface area contributed by atoms with Crippen LogP contribution in [0.4, 0.5) is 13.2 Å². The molecule has 7 heteroatoms. The highest BCUT2D eigenvalue weighted by Crippen LogP contribution is 2.40. The van der Waals surface area contributed by atoms with Crippen molar-refractivity contribution in [2.45, 2.75) is 43.9 Å². The van der Waals surface area contributed by atoms with E-state index in [2.05, 4.69) is 17.6 Å². The summed E-state index contributed by atoms with van der Waals surface area (Å²) in [4.78, 5) is 0. The quantitative estimate of drug-likeness (QED) is 0.750. The fraction of sp³-hybridized carbons (Fsp3) is 0.364. The summed E-state index contributed by atoms with van der Waals surface area (Å²) < 4.78 is 44.1. The lowest BCUT2D eigenvalue weighted by atomic mass is 9.72. The molecule has 0 radical (unpaired) electrons. The summed E-state index contributed by atoms with van der Waals surface area (Å²) in [6.07, 6.45) is 0.710. The second-order valence-electron chi connectivity index (χ2n) is 7.62. The Bertz CT molecular complexity index is 904. The van der Waals surface area contributed by atoms with Crippen molar-refractivity contribution in [3.63, 3.8) is 0 Å². The van der Waals surface area contributed by atoms with Gasteiger partial charge in [0.15, 0.2) is 0 Å². The molecule has 29 heavy (non-hydrogen) atoms. The number of nitrogens with one attached hydrogen (secondary N) is 1. The first-order valence-corrected chi connectivity index (χ1v) is 9.78. The Morgan fingerprint density at radius 2 is 1.90 bits per heavy atom. The van der Waals surface area contributed by atoms with E-state index in [4.69, 9.17) is 10.5 Å². The van der Waals surface area contributed by atoms with Gasteiger partial charge in [-0.15, -0.1) is 0 Å². The van der Waals surface area contributed by atoms with Crippen LogP contribution in [-0.4, -0.2) is 11.6 Å². The number of nitrogens with zero attached hydrogens (tertiary/aromatic N) is 1. The highest BCUT2D eigenvalue weighted by atomic mass is 19.4. The zero-order valence-corrected chi connectivity index (χ0v) is 16.2. The van der Waals surface area contributed by atoms with Crippen LogP contribution in [0.1, 0.15) is 48.9 Å². The van der Waals surface area contributed by atoms with E-state index >= 15 is 0 Å². The van der Waals surface area contributed by atoms with Gasteiger partial charge in [-0.25, -0.2) is 5.43 Å². The third-order valence-corrected chi connectivity index (χ3v) is 5.66. The van der Waals surface area contributed by atoms with Gasteiger partial charge >= 0.3 is 6.18 Å². The van der Waals surface area contributed by atoms with Crippen molar-refractivity contribution in [3.05, 3.63) is 77.2 Å². The summed E-state index contributed by atoms with van der Waals surface area (Å²) in [5, 5.41) is 1.84. The molecule has 4 nitrogen and oxygen atoms in total. The highest BCUT2D eigenvalue weighted by molar-refractivity contribution is 5.36. The number of hydrazine groups is 1. The molecule has 1 fully saturated rings. The SMILES string of the molecule is CCN1NC(c2cccc(C3(N)CCC3)c2)C=C1Oc1ccc(C(F)(F)F)cc1. The van der Waals surface area contributed by atoms with E-state index < -0.39 is 11.7 Å². The van der Waals surface area contributed by atoms with E-state index in [-0.39, 0.29) is 11.6 Å². The topological polar surface area (TPSA) is 50.5 Å². The maximum atomic E-state index is 12.7. The molecule has 1 aliphatic heterocycles. The Labute approximate surface area is 168 Å². The van der Waals surface area contributed by atoms with Crippen molar-refractivity contribution in [1.29, 1.82) is 0 Å². The lowest BCUT2D eigenvalue weighted by Crippen LogP contribution is -2.43. The van der Waals surface area contributed by atoms with Crippen LogP contribution in [0.3, 0.4) is 0 Å². The number of rotatable bonds is 5. The van der Waals surface area contributed by atoms with Gasteiger partial charge in [-0.2, -0.15) is 13.2 Å². The minimum Gasteiger partial charge on any atom is -0.440 e. The molecule has 2 aromatic carbocycles. The summed E-state index contributed by atoms with van der Waals surface area (Å²) in [5.41, 5.74) is 11.1. The van der Waals surface area contributed by atoms with E-state index in [1.165, 1.54) is 12.1 Å². The third-order valence-electron chi connectivity index (χ3n) is 5.66. The molecule has 1 unspecified atom stereocenters. The van der Waals surface area contributed by atoms with Gasteiger partial charge in [0.2, 0.25) is 5.88 Å². The van der Waals surface area contributed by atoms with Crippen molar-refractivity contribution in [3.8, 4) is 5.75 Å². The molecule has 154 valence electrons. The summed E-state index contributed by atoms with van der Waals surface area (Å²) in [5.74, 6) is 0.919. The minimum atomic E-state index is -4.36. The molecule has 1 heterocycles. The largest absolute Gasteiger partial charge is 0.440 e. The molecule has 0 saturated heterocycles. The summed E-state index contributed by atoms with van der Waals surface area (Å²) in [6, 6.07) is 12.9. The number of ether oxygens (including phenoxy) is 1. The molecular formula is C22H24F3N3O. The van der Waals surface area contributed by atoms with Gasteiger partial charge in [-0.1, -0.05) is 24.3 Å². The smallest absolute Gasteiger partial charge is 0.416 e. The van der Waals surface area contributed by atoms with Crippen LogP contribution in [-0.2, 0) is 11.7 Å². The van der Waals surface area contributed by atoms with Crippen LogP contribution in [0.25, 0.3) is 0 Å². The lowest BCUT2D eigenvalue weighted by molar-refractivity contribution is -0.137. The molecule has 3 N–H and O–H groups in total. The first kappa shape index (κ1) is 19.8. The maximum absolute atomic E-state index is 12.7. The third kappa shape index (κ3) is 3.97. The zero-order chi connectivity index (χ0) is 20.6. The van der Waals surface area contributed by atoms with Gasteiger partial charge in [-0.3, -0.25) is 5.01 Å². The fourth-order valence-electron chi connectivity index (χ4n) is 3.73. The van der Waals surface area contributed by atoms with Crippen LogP contribution in [0.5, 0.6) is 5.75 Å². The van der Waals surface area contributed by atoms with Gasteiger partial charge in [0.25, 0.3) is 0 Å². The van der Waals surface area contributed by atoms with Gasteiger partial charge in [-0.05, 0) is 61.6 Å². The highest BCUT2D eigenvalue weighted by Gasteiger charge is 2.35. The predicted molar refractivity (Wildman–Crippen MR) is 105 cm³/mol. The molecule has 2 aromatic rings. The summed E-state index contributed by atoms with van der Waals surface area (Å²) in [6.45, 7) is 2.61. The molecule has 1 aliphatic carbocycles. The van der Waals surface area contributed by atoms with E-state index in [9.17, 15) is 13.2 Å². The van der Waals surface area contributed by atoms with Crippen LogP contribution in [0.2, 0.25) is 0 Å². The fourth-order valence-corrected chi connectivity index (χ4v) is 3.73. The molecule has 0 amide bonds. The molecule has 1 saturated carbocycles. The van der Waals surface area contributed by atoms with E-state index in [1.54, 1.807) is 0 Å². The number of benzene rings is 2. The average molecular weight is 403 g/mol. The predicted octanol–water partition coefficient (Wildman–Crippen LogP) is 4.84. The summed E-state index contributed by atoms with van der Waals surface area (Å²) in [7, 11) is 0. The number of nitrogens with two attached hydrogens (primary N) is 1. The standard InChI is InChI=1S/C22H24F3N3O/c1-2-28-20(29-18-9-7-16(8-10-18)22(23,24)25)14-19(27-28)15-5-3-6-17(13-15)21(26)11-4-12-21/h3,5-10,13-14,19,27H,2,4,11-12,26H2,1H3. The molecular weight excluding hydrogens is 379 g/mol. The van der Waals surface area contributed by atoms with E-state index in [1.807, 2.05) is 30.1 Å². The molecule has 0 aromatic heterocycles. The summed E-state index contributed by atoms with van der Waals surface area (Å²) >= 11 is 0. The Morgan fingerprint density at radius 3 is 2.48 bits per heavy atom. The average Bonchev–Trinajstić information content (AvgIpc) is 3.09. The molecule has 4 rings (SSSR count). The van der Waals surface area contributed by atoms with Gasteiger partial charge in [0.1, 0.15) is 5.75 Å². The Kier molecular flexibility index (Phi) is 5.04. The van der Waals surface area contributed by atoms with Crippen molar-refractivity contribution in [2.24, 2.45) is 5.73 Å². The number of hydrogen-bond donors (Lipinski definition) is 2. The Hall–Kier alpha value is -2.51. The van der Waals surface area contributed by atoms with Crippen molar-refractivity contribution >= 4 is 0 Å². The van der Waals surface area contributed by atoms with Crippen LogP contribution < -0.4 is 15.9 Å². The normalized spacial score (nSPS) is 20.9. The van der Waals surface area contributed by atoms with E-state index in [0.717, 1.165) is 42.5 Å². The van der Waals surface area contributed by atoms with Crippen molar-refractivity contribution in [2.75, 3.05) is 6.54 Å². The monoisotopic (exact) mass is 403 g/mol. The Morgan fingerprint density at radius 1 is 1.17 bits per heavy atom. The lowest BCUT2D eigenvalue weighted by Gasteiger charge is -2.39. The number of alkyl halides is 3. The van der Waals surface area contributed by atoms with Gasteiger partial charge in [0.05, 0.1) is 11.6 Å². The molecule has 0 spiro atoms. The number of hydrogen-bond acceptors (Lipinski definition) is 4. The van der Waals surface area contributed by atoms with E-state index in [0.29, 0.717) is 18.2 Å². The maximum Gasteiger partial charge on any atom is 0.416 e. The Balaban J connectivity index is 1.53. The first-order valence-electron chi connectivity index (χ1n) is 9.78. The van der Waals surface area contributed by atoms with Crippen LogP contribution in [0.15, 0.2) is 60.5 Å².